The molecule has 0 saturated carbocycles. The molecule has 35 heavy (non-hydrogen) atoms. The quantitative estimate of drug-likeness (QED) is 0.365. The molecule has 2 aromatic carbocycles. The van der Waals surface area contributed by atoms with Crippen molar-refractivity contribution in [1.82, 2.24) is 15.3 Å². The first kappa shape index (κ1) is 25.8. The van der Waals surface area contributed by atoms with Crippen molar-refractivity contribution < 1.29 is 37.1 Å². The number of amides is 1. The molecule has 186 valence electrons. The Kier molecular flexibility index (Phi) is 7.49. The van der Waals surface area contributed by atoms with E-state index in [1.54, 1.807) is 45.0 Å². The molecule has 0 atom stereocenters. The lowest BCUT2D eigenvalue weighted by molar-refractivity contribution is -0.137. The van der Waals surface area contributed by atoms with E-state index in [4.69, 9.17) is 9.57 Å². The number of benzene rings is 2. The topological polar surface area (TPSA) is 91.7 Å². The molecule has 0 fully saturated rings. The van der Waals surface area contributed by atoms with Crippen LogP contribution in [0.4, 0.5) is 13.2 Å². The fraction of sp³-hybridized carbons (Fsp3) is 0.292. The third kappa shape index (κ3) is 6.38. The number of ether oxygens (including phenoxy) is 2. The van der Waals surface area contributed by atoms with Gasteiger partial charge in [-0.2, -0.15) is 18.3 Å². The predicted octanol–water partition coefficient (Wildman–Crippen LogP) is 5.10. The lowest BCUT2D eigenvalue weighted by atomic mass is 10.1. The van der Waals surface area contributed by atoms with Crippen molar-refractivity contribution in [2.45, 2.75) is 39.1 Å². The molecule has 3 aromatic rings. The van der Waals surface area contributed by atoms with Gasteiger partial charge in [0.05, 0.1) is 36.6 Å². The number of hydroxylamine groups is 1. The molecule has 1 N–H and O–H groups in total. The lowest BCUT2D eigenvalue weighted by Crippen LogP contribution is -2.32. The Labute approximate surface area is 199 Å². The summed E-state index contributed by atoms with van der Waals surface area (Å²) >= 11 is 0. The second kappa shape index (κ2) is 10.2. The molecule has 11 heteroatoms. The molecule has 1 amide bonds. The minimum Gasteiger partial charge on any atom is -0.465 e. The van der Waals surface area contributed by atoms with Crippen molar-refractivity contribution in [2.75, 3.05) is 7.11 Å². The zero-order valence-electron chi connectivity index (χ0n) is 19.5. The van der Waals surface area contributed by atoms with E-state index in [9.17, 15) is 22.8 Å². The van der Waals surface area contributed by atoms with E-state index in [1.165, 1.54) is 30.1 Å². The molecule has 0 aliphatic heterocycles. The SMILES string of the molecule is COC(=O)c1ccc(CONC(=O)c2c(Oc3cccc(C(F)(F)F)c3)cnn2C(C)(C)C)cc1. The maximum Gasteiger partial charge on any atom is 0.416 e. The number of carbonyl (C=O) groups is 2. The van der Waals surface area contributed by atoms with Gasteiger partial charge in [0.25, 0.3) is 5.91 Å². The number of esters is 1. The zero-order chi connectivity index (χ0) is 25.8. The highest BCUT2D eigenvalue weighted by atomic mass is 19.4. The zero-order valence-corrected chi connectivity index (χ0v) is 19.5. The summed E-state index contributed by atoms with van der Waals surface area (Å²) in [7, 11) is 1.28. The van der Waals surface area contributed by atoms with E-state index in [0.717, 1.165) is 12.1 Å². The smallest absolute Gasteiger partial charge is 0.416 e. The molecule has 0 unspecified atom stereocenters. The molecule has 0 radical (unpaired) electrons. The molecule has 0 aliphatic rings. The standard InChI is InChI=1S/C24H24F3N3O5/c1-23(2,3)30-20(19(13-28-30)35-18-7-5-6-17(12-18)24(25,26)27)21(31)29-34-14-15-8-10-16(11-9-15)22(32)33-4/h5-13H,14H2,1-4H3,(H,29,31). The molecule has 3 rings (SSSR count). The minimum absolute atomic E-state index is 0.0132. The second-order valence-corrected chi connectivity index (χ2v) is 8.48. The third-order valence-corrected chi connectivity index (χ3v) is 4.75. The number of rotatable bonds is 7. The first-order valence-corrected chi connectivity index (χ1v) is 10.4. The summed E-state index contributed by atoms with van der Waals surface area (Å²) in [6.07, 6.45) is -3.29. The first-order chi connectivity index (χ1) is 16.4. The van der Waals surface area contributed by atoms with Crippen LogP contribution in [0.5, 0.6) is 11.5 Å². The van der Waals surface area contributed by atoms with Crippen LogP contribution >= 0.6 is 0 Å². The van der Waals surface area contributed by atoms with Crippen LogP contribution in [0.2, 0.25) is 0 Å². The monoisotopic (exact) mass is 491 g/mol. The van der Waals surface area contributed by atoms with Gasteiger partial charge in [0.15, 0.2) is 11.4 Å². The normalized spacial score (nSPS) is 11.7. The van der Waals surface area contributed by atoms with Gasteiger partial charge < -0.3 is 9.47 Å². The number of alkyl halides is 3. The Bertz CT molecular complexity index is 1200. The van der Waals surface area contributed by atoms with Crippen molar-refractivity contribution >= 4 is 11.9 Å². The minimum atomic E-state index is -4.54. The highest BCUT2D eigenvalue weighted by Crippen LogP contribution is 2.34. The van der Waals surface area contributed by atoms with E-state index in [2.05, 4.69) is 15.3 Å². The largest absolute Gasteiger partial charge is 0.465 e. The number of methoxy groups -OCH3 is 1. The van der Waals surface area contributed by atoms with Crippen molar-refractivity contribution in [3.05, 3.63) is 77.1 Å². The van der Waals surface area contributed by atoms with Crippen LogP contribution in [0.25, 0.3) is 0 Å². The molecular formula is C24H24F3N3O5. The van der Waals surface area contributed by atoms with Gasteiger partial charge in [-0.3, -0.25) is 14.3 Å². The van der Waals surface area contributed by atoms with Crippen molar-refractivity contribution in [1.29, 1.82) is 0 Å². The highest BCUT2D eigenvalue weighted by Gasteiger charge is 2.31. The number of aromatic nitrogens is 2. The van der Waals surface area contributed by atoms with Gasteiger partial charge in [0.1, 0.15) is 5.75 Å². The molecule has 1 aromatic heterocycles. The summed E-state index contributed by atoms with van der Waals surface area (Å²) in [5.74, 6) is -1.32. The average molecular weight is 491 g/mol. The fourth-order valence-corrected chi connectivity index (χ4v) is 3.08. The van der Waals surface area contributed by atoms with Gasteiger partial charge in [0, 0.05) is 0 Å². The van der Waals surface area contributed by atoms with Crippen LogP contribution in [0.3, 0.4) is 0 Å². The maximum absolute atomic E-state index is 13.1. The molecule has 8 nitrogen and oxygen atoms in total. The van der Waals surface area contributed by atoms with Crippen LogP contribution in [0.15, 0.2) is 54.7 Å². The van der Waals surface area contributed by atoms with Gasteiger partial charge in [0.2, 0.25) is 0 Å². The molecule has 0 spiro atoms. The molecule has 0 bridgehead atoms. The number of nitrogens with one attached hydrogen (secondary N) is 1. The molecule has 0 saturated heterocycles. The Morgan fingerprint density at radius 1 is 1.06 bits per heavy atom. The van der Waals surface area contributed by atoms with E-state index in [-0.39, 0.29) is 23.8 Å². The third-order valence-electron chi connectivity index (χ3n) is 4.75. The first-order valence-electron chi connectivity index (χ1n) is 10.4. The van der Waals surface area contributed by atoms with Crippen molar-refractivity contribution in [2.24, 2.45) is 0 Å². The Balaban J connectivity index is 1.77. The van der Waals surface area contributed by atoms with Crippen LogP contribution in [0, 0.1) is 0 Å². The molecular weight excluding hydrogens is 467 g/mol. The lowest BCUT2D eigenvalue weighted by Gasteiger charge is -2.22. The van der Waals surface area contributed by atoms with Crippen LogP contribution in [-0.4, -0.2) is 28.8 Å². The van der Waals surface area contributed by atoms with Gasteiger partial charge in [-0.05, 0) is 56.7 Å². The van der Waals surface area contributed by atoms with E-state index >= 15 is 0 Å². The highest BCUT2D eigenvalue weighted by molar-refractivity contribution is 5.94. The summed E-state index contributed by atoms with van der Waals surface area (Å²) < 4.78 is 50.8. The maximum atomic E-state index is 13.1. The fourth-order valence-electron chi connectivity index (χ4n) is 3.08. The van der Waals surface area contributed by atoms with Gasteiger partial charge in [-0.25, -0.2) is 10.3 Å². The Morgan fingerprint density at radius 3 is 2.34 bits per heavy atom. The van der Waals surface area contributed by atoms with Gasteiger partial charge >= 0.3 is 12.1 Å². The summed E-state index contributed by atoms with van der Waals surface area (Å²) in [5, 5.41) is 4.19. The predicted molar refractivity (Wildman–Crippen MR) is 119 cm³/mol. The van der Waals surface area contributed by atoms with E-state index in [1.807, 2.05) is 0 Å². The van der Waals surface area contributed by atoms with Crippen LogP contribution < -0.4 is 10.2 Å². The number of carbonyl (C=O) groups excluding carboxylic acids is 2. The van der Waals surface area contributed by atoms with Gasteiger partial charge in [-0.1, -0.05) is 18.2 Å². The van der Waals surface area contributed by atoms with Crippen molar-refractivity contribution in [3.8, 4) is 11.5 Å². The Hall–Kier alpha value is -3.86. The summed E-state index contributed by atoms with van der Waals surface area (Å²) in [6, 6.07) is 10.7. The van der Waals surface area contributed by atoms with E-state index < -0.39 is 29.2 Å². The number of hydrogen-bond donors (Lipinski definition) is 1. The summed E-state index contributed by atoms with van der Waals surface area (Å²) in [5.41, 5.74) is 1.78. The molecule has 1 heterocycles. The van der Waals surface area contributed by atoms with Crippen molar-refractivity contribution in [3.63, 3.8) is 0 Å². The summed E-state index contributed by atoms with van der Waals surface area (Å²) in [4.78, 5) is 29.8. The summed E-state index contributed by atoms with van der Waals surface area (Å²) in [6.45, 7) is 5.39. The van der Waals surface area contributed by atoms with E-state index in [0.29, 0.717) is 11.1 Å². The van der Waals surface area contributed by atoms with Crippen LogP contribution in [0.1, 0.15) is 52.7 Å². The Morgan fingerprint density at radius 2 is 1.74 bits per heavy atom. The van der Waals surface area contributed by atoms with Crippen LogP contribution in [-0.2, 0) is 27.9 Å². The number of hydrogen-bond acceptors (Lipinski definition) is 6. The molecule has 0 aliphatic carbocycles. The van der Waals surface area contributed by atoms with Gasteiger partial charge in [-0.15, -0.1) is 0 Å². The number of halogens is 3. The second-order valence-electron chi connectivity index (χ2n) is 8.48. The number of nitrogens with zero attached hydrogens (tertiary/aromatic N) is 2. The average Bonchev–Trinajstić information content (AvgIpc) is 3.23.